The third-order valence-electron chi connectivity index (χ3n) is 2.87. The third kappa shape index (κ3) is 2.98. The quantitative estimate of drug-likeness (QED) is 0.772. The summed E-state index contributed by atoms with van der Waals surface area (Å²) in [5, 5.41) is 15.7. The molecule has 0 bridgehead atoms. The Bertz CT molecular complexity index is 812. The van der Waals surface area contributed by atoms with Crippen LogP contribution in [0, 0.1) is 0 Å². The van der Waals surface area contributed by atoms with E-state index in [-0.39, 0.29) is 11.6 Å². The summed E-state index contributed by atoms with van der Waals surface area (Å²) in [6.07, 6.45) is 1.66. The summed E-state index contributed by atoms with van der Waals surface area (Å²) in [4.78, 5) is 5.17. The van der Waals surface area contributed by atoms with Gasteiger partial charge in [-0.1, -0.05) is 28.9 Å². The number of hydrogen-bond donors (Lipinski definition) is 1. The normalized spacial score (nSPS) is 11.6. The largest absolute Gasteiger partial charge is 0.504 e. The van der Waals surface area contributed by atoms with Gasteiger partial charge in [0.05, 0.1) is 12.0 Å². The standard InChI is InChI=1S/C15H11ClN2O3S/c1-20-12-8-9(4-5-11(12)19)7-10(16)15-17-14(18-21-15)13-3-2-6-22-13/h2-8,19H,1H3/b10-7-. The van der Waals surface area contributed by atoms with Gasteiger partial charge in [0.2, 0.25) is 5.82 Å². The van der Waals surface area contributed by atoms with Crippen LogP contribution in [-0.2, 0) is 0 Å². The lowest BCUT2D eigenvalue weighted by atomic mass is 10.2. The highest BCUT2D eigenvalue weighted by Crippen LogP contribution is 2.30. The second-order valence-corrected chi connectivity index (χ2v) is 5.68. The van der Waals surface area contributed by atoms with E-state index in [2.05, 4.69) is 10.1 Å². The number of benzene rings is 1. The van der Waals surface area contributed by atoms with Crippen LogP contribution in [0.2, 0.25) is 0 Å². The Morgan fingerprint density at radius 2 is 2.27 bits per heavy atom. The summed E-state index contributed by atoms with van der Waals surface area (Å²) in [6, 6.07) is 8.71. The van der Waals surface area contributed by atoms with Gasteiger partial charge in [0.15, 0.2) is 11.5 Å². The number of thiophene rings is 1. The molecular weight excluding hydrogens is 324 g/mol. The maximum atomic E-state index is 9.58. The van der Waals surface area contributed by atoms with Crippen molar-refractivity contribution in [3.63, 3.8) is 0 Å². The molecule has 0 unspecified atom stereocenters. The van der Waals surface area contributed by atoms with Gasteiger partial charge in [-0.3, -0.25) is 0 Å². The number of phenolic OH excluding ortho intramolecular Hbond substituents is 1. The highest BCUT2D eigenvalue weighted by Gasteiger charge is 2.12. The number of nitrogens with zero attached hydrogens (tertiary/aromatic N) is 2. The van der Waals surface area contributed by atoms with Crippen LogP contribution in [0.3, 0.4) is 0 Å². The van der Waals surface area contributed by atoms with Gasteiger partial charge in [-0.15, -0.1) is 11.3 Å². The topological polar surface area (TPSA) is 68.4 Å². The lowest BCUT2D eigenvalue weighted by molar-refractivity contribution is 0.373. The van der Waals surface area contributed by atoms with Crippen molar-refractivity contribution in [1.82, 2.24) is 10.1 Å². The van der Waals surface area contributed by atoms with Crippen molar-refractivity contribution < 1.29 is 14.4 Å². The minimum absolute atomic E-state index is 0.0635. The number of hydrogen-bond acceptors (Lipinski definition) is 6. The lowest BCUT2D eigenvalue weighted by Crippen LogP contribution is -1.85. The Hall–Kier alpha value is -2.31. The number of aromatic hydroxyl groups is 1. The van der Waals surface area contributed by atoms with Gasteiger partial charge in [-0.25, -0.2) is 0 Å². The molecule has 0 aliphatic carbocycles. The molecule has 0 saturated carbocycles. The molecule has 1 N–H and O–H groups in total. The van der Waals surface area contributed by atoms with Crippen molar-refractivity contribution in [2.45, 2.75) is 0 Å². The smallest absolute Gasteiger partial charge is 0.269 e. The van der Waals surface area contributed by atoms with Crippen molar-refractivity contribution >= 4 is 34.0 Å². The van der Waals surface area contributed by atoms with Gasteiger partial charge in [-0.05, 0) is 35.2 Å². The van der Waals surface area contributed by atoms with Gasteiger partial charge < -0.3 is 14.4 Å². The van der Waals surface area contributed by atoms with Crippen LogP contribution >= 0.6 is 22.9 Å². The number of methoxy groups -OCH3 is 1. The lowest BCUT2D eigenvalue weighted by Gasteiger charge is -2.03. The summed E-state index contributed by atoms with van der Waals surface area (Å²) in [5.74, 6) is 1.16. The van der Waals surface area contributed by atoms with E-state index in [1.807, 2.05) is 17.5 Å². The highest BCUT2D eigenvalue weighted by atomic mass is 35.5. The fraction of sp³-hybridized carbons (Fsp3) is 0.0667. The Balaban J connectivity index is 1.88. The van der Waals surface area contributed by atoms with Gasteiger partial charge in [0.1, 0.15) is 5.03 Å². The van der Waals surface area contributed by atoms with Crippen LogP contribution in [-0.4, -0.2) is 22.4 Å². The zero-order chi connectivity index (χ0) is 15.5. The number of phenols is 1. The molecule has 0 radical (unpaired) electrons. The highest BCUT2D eigenvalue weighted by molar-refractivity contribution is 7.13. The summed E-state index contributed by atoms with van der Waals surface area (Å²) in [5.41, 5.74) is 0.746. The first-order valence-corrected chi connectivity index (χ1v) is 7.55. The molecule has 0 spiro atoms. The molecule has 1 aromatic carbocycles. The van der Waals surface area contributed by atoms with E-state index in [0.29, 0.717) is 16.6 Å². The molecule has 3 aromatic rings. The van der Waals surface area contributed by atoms with Gasteiger partial charge in [0, 0.05) is 0 Å². The zero-order valence-electron chi connectivity index (χ0n) is 11.5. The average molecular weight is 335 g/mol. The maximum absolute atomic E-state index is 9.58. The van der Waals surface area contributed by atoms with Crippen LogP contribution in [0.1, 0.15) is 11.5 Å². The van der Waals surface area contributed by atoms with Crippen LogP contribution in [0.4, 0.5) is 0 Å². The minimum atomic E-state index is 0.0635. The van der Waals surface area contributed by atoms with Crippen molar-refractivity contribution in [3.05, 3.63) is 47.2 Å². The second-order valence-electron chi connectivity index (χ2n) is 4.32. The van der Waals surface area contributed by atoms with Crippen LogP contribution < -0.4 is 4.74 Å². The maximum Gasteiger partial charge on any atom is 0.269 e. The van der Waals surface area contributed by atoms with E-state index >= 15 is 0 Å². The molecule has 0 amide bonds. The number of halogens is 1. The molecule has 0 atom stereocenters. The number of rotatable bonds is 4. The van der Waals surface area contributed by atoms with Gasteiger partial charge in [0.25, 0.3) is 5.89 Å². The summed E-state index contributed by atoms with van der Waals surface area (Å²) in [6.45, 7) is 0. The Labute approximate surface area is 135 Å². The number of ether oxygens (including phenoxy) is 1. The predicted octanol–water partition coefficient (Wildman–Crippen LogP) is 4.25. The first-order chi connectivity index (χ1) is 10.7. The molecule has 22 heavy (non-hydrogen) atoms. The Morgan fingerprint density at radius 3 is 3.00 bits per heavy atom. The van der Waals surface area contributed by atoms with Crippen molar-refractivity contribution in [2.75, 3.05) is 7.11 Å². The van der Waals surface area contributed by atoms with E-state index in [1.165, 1.54) is 24.5 Å². The minimum Gasteiger partial charge on any atom is -0.504 e. The molecule has 0 aliphatic rings. The van der Waals surface area contributed by atoms with E-state index in [4.69, 9.17) is 20.9 Å². The third-order valence-corrected chi connectivity index (χ3v) is 4.01. The summed E-state index contributed by atoms with van der Waals surface area (Å²) in [7, 11) is 1.48. The molecule has 0 fully saturated rings. The first kappa shape index (κ1) is 14.6. The summed E-state index contributed by atoms with van der Waals surface area (Å²) < 4.78 is 10.2. The fourth-order valence-electron chi connectivity index (χ4n) is 1.82. The van der Waals surface area contributed by atoms with E-state index in [0.717, 1.165) is 10.4 Å². The molecule has 2 heterocycles. The van der Waals surface area contributed by atoms with E-state index in [1.54, 1.807) is 18.2 Å². The van der Waals surface area contributed by atoms with Crippen molar-refractivity contribution in [1.29, 1.82) is 0 Å². The fourth-order valence-corrected chi connectivity index (χ4v) is 2.67. The van der Waals surface area contributed by atoms with Crippen molar-refractivity contribution in [3.8, 4) is 22.2 Å². The zero-order valence-corrected chi connectivity index (χ0v) is 13.1. The molecule has 7 heteroatoms. The average Bonchev–Trinajstić information content (AvgIpc) is 3.19. The Kier molecular flexibility index (Phi) is 4.13. The van der Waals surface area contributed by atoms with Crippen LogP contribution in [0.25, 0.3) is 21.8 Å². The molecule has 5 nitrogen and oxygen atoms in total. The van der Waals surface area contributed by atoms with Crippen LogP contribution in [0.5, 0.6) is 11.5 Å². The van der Waals surface area contributed by atoms with E-state index < -0.39 is 0 Å². The number of aromatic nitrogens is 2. The summed E-state index contributed by atoms with van der Waals surface area (Å²) >= 11 is 7.74. The molecule has 3 rings (SSSR count). The Morgan fingerprint density at radius 1 is 1.41 bits per heavy atom. The molecule has 112 valence electrons. The van der Waals surface area contributed by atoms with Gasteiger partial charge in [-0.2, -0.15) is 4.98 Å². The monoisotopic (exact) mass is 334 g/mol. The first-order valence-electron chi connectivity index (χ1n) is 6.29. The van der Waals surface area contributed by atoms with Crippen LogP contribution in [0.15, 0.2) is 40.2 Å². The SMILES string of the molecule is COc1cc(/C=C(\Cl)c2nc(-c3cccs3)no2)ccc1O. The molecule has 0 aliphatic heterocycles. The molecule has 0 saturated heterocycles. The molecular formula is C15H11ClN2O3S. The van der Waals surface area contributed by atoms with E-state index in [9.17, 15) is 5.11 Å². The van der Waals surface area contributed by atoms with Crippen molar-refractivity contribution in [2.24, 2.45) is 0 Å². The predicted molar refractivity (Wildman–Crippen MR) is 86.0 cm³/mol. The van der Waals surface area contributed by atoms with Gasteiger partial charge >= 0.3 is 0 Å². The second kappa shape index (κ2) is 6.21. The molecule has 2 aromatic heterocycles.